The van der Waals surface area contributed by atoms with Gasteiger partial charge in [-0.3, -0.25) is 0 Å². The molecule has 0 atom stereocenters. The van der Waals surface area contributed by atoms with Crippen molar-refractivity contribution in [2.75, 3.05) is 0 Å². The van der Waals surface area contributed by atoms with E-state index in [0.717, 1.165) is 10.8 Å². The predicted molar refractivity (Wildman–Crippen MR) is 103 cm³/mol. The monoisotopic (exact) mass is 435 g/mol. The van der Waals surface area contributed by atoms with Gasteiger partial charge >= 0.3 is 38.5 Å². The Kier molecular flexibility index (Phi) is 12.5. The maximum Gasteiger partial charge on any atom is 0.116 e. The molecule has 0 fully saturated rings. The van der Waals surface area contributed by atoms with E-state index in [2.05, 4.69) is 74.7 Å². The third-order valence-corrected chi connectivity index (χ3v) is 3.28. The van der Waals surface area contributed by atoms with Crippen LogP contribution in [-0.4, -0.2) is 11.3 Å². The van der Waals surface area contributed by atoms with E-state index in [1.165, 1.54) is 10.8 Å². The summed E-state index contributed by atoms with van der Waals surface area (Å²) in [5, 5.41) is 14.0. The Morgan fingerprint density at radius 2 is 1.31 bits per heavy atom. The van der Waals surface area contributed by atoms with E-state index in [0.29, 0.717) is 5.75 Å². The van der Waals surface area contributed by atoms with E-state index >= 15 is 0 Å². The van der Waals surface area contributed by atoms with Crippen molar-refractivity contribution in [3.05, 3.63) is 84.9 Å². The second-order valence-electron chi connectivity index (χ2n) is 5.69. The summed E-state index contributed by atoms with van der Waals surface area (Å²) < 4.78 is 0. The molecule has 0 aliphatic carbocycles. The van der Waals surface area contributed by atoms with Gasteiger partial charge in [0.2, 0.25) is 0 Å². The summed E-state index contributed by atoms with van der Waals surface area (Å²) in [6.45, 7) is 4.54. The summed E-state index contributed by atoms with van der Waals surface area (Å²) in [6, 6.07) is 28.0. The fourth-order valence-corrected chi connectivity index (χ4v) is 2.25. The van der Waals surface area contributed by atoms with Gasteiger partial charge in [0.25, 0.3) is 0 Å². The molecule has 0 radical (unpaired) electrons. The first-order valence-corrected chi connectivity index (χ1v) is 12.7. The summed E-state index contributed by atoms with van der Waals surface area (Å²) >= 11 is 2.27. The number of benzene rings is 3. The van der Waals surface area contributed by atoms with Gasteiger partial charge < -0.3 is 29.9 Å². The van der Waals surface area contributed by atoms with E-state index in [-0.39, 0.29) is 31.0 Å². The van der Waals surface area contributed by atoms with Crippen molar-refractivity contribution in [1.29, 1.82) is 0 Å². The second-order valence-corrected chi connectivity index (χ2v) is 12.4. The zero-order valence-electron chi connectivity index (χ0n) is 14.8. The van der Waals surface area contributed by atoms with Crippen LogP contribution in [0.25, 0.3) is 21.5 Å². The van der Waals surface area contributed by atoms with Crippen LogP contribution in [0.15, 0.2) is 84.9 Å². The average molecular weight is 436 g/mol. The smallest absolute Gasteiger partial charge is 0.116 e. The van der Waals surface area contributed by atoms with Crippen molar-refractivity contribution in [3.63, 3.8) is 0 Å². The van der Waals surface area contributed by atoms with Gasteiger partial charge in [0.1, 0.15) is 5.75 Å². The van der Waals surface area contributed by atoms with E-state index < -0.39 is 0 Å². The molecule has 1 N–H and O–H groups in total. The summed E-state index contributed by atoms with van der Waals surface area (Å²) in [5.74, 6) is 0.323. The van der Waals surface area contributed by atoms with E-state index in [4.69, 9.17) is 5.11 Å². The number of rotatable bonds is 0. The second kappa shape index (κ2) is 13.1. The molecule has 0 saturated heterocycles. The molecule has 0 amide bonds. The van der Waals surface area contributed by atoms with Crippen molar-refractivity contribution >= 4 is 27.7 Å². The molecule has 0 bridgehead atoms. The van der Waals surface area contributed by atoms with Crippen LogP contribution in [0.5, 0.6) is 5.75 Å². The molecular formula is C21H21Cl2OSiTi-. The standard InChI is InChI=1S/C10H8O.C9H7.C2H6Si.2ClH.Ti/c11-10-6-5-8-3-1-2-4-9(8)7-10;1-2-5-9-7-3-6-8(9)4-1;1-3-2;;;/h1-7,11H;1-7H;1-2H3;2*1H;/q;-1;;;;+2/p-2. The van der Waals surface area contributed by atoms with Gasteiger partial charge in [-0.1, -0.05) is 36.4 Å². The molecule has 0 saturated carbocycles. The van der Waals surface area contributed by atoms with Crippen molar-refractivity contribution < 1.29 is 49.1 Å². The molecule has 5 heteroatoms. The molecule has 4 aromatic rings. The van der Waals surface area contributed by atoms with Crippen LogP contribution in [0.2, 0.25) is 13.1 Å². The first-order chi connectivity index (χ1) is 11.6. The molecule has 0 aliphatic rings. The largest absolute Gasteiger partial charge is 1.00 e. The molecular weight excluding hydrogens is 415 g/mol. The van der Waals surface area contributed by atoms with Gasteiger partial charge in [-0.15, -0.1) is 29.7 Å². The number of fused-ring (bicyclic) bond motifs is 2. The fraction of sp³-hybridized carbons (Fsp3) is 0.0952. The first kappa shape index (κ1) is 24.8. The Morgan fingerprint density at radius 1 is 0.769 bits per heavy atom. The third-order valence-electron chi connectivity index (χ3n) is 3.28. The summed E-state index contributed by atoms with van der Waals surface area (Å²) in [5.41, 5.74) is 0. The number of phenols is 1. The van der Waals surface area contributed by atoms with Crippen LogP contribution in [0.1, 0.15) is 0 Å². The normalized spacial score (nSPS) is 8.92. The summed E-state index contributed by atoms with van der Waals surface area (Å²) in [6.07, 6.45) is 0.120. The van der Waals surface area contributed by atoms with Crippen molar-refractivity contribution in [3.8, 4) is 5.75 Å². The summed E-state index contributed by atoms with van der Waals surface area (Å²) in [7, 11) is 0. The minimum atomic E-state index is 0. The van der Waals surface area contributed by atoms with Crippen LogP contribution in [-0.2, 0) is 19.2 Å². The molecule has 0 spiro atoms. The van der Waals surface area contributed by atoms with Gasteiger partial charge in [-0.25, -0.2) is 0 Å². The zero-order valence-corrected chi connectivity index (χ0v) is 18.9. The van der Waals surface area contributed by atoms with Gasteiger partial charge in [-0.2, -0.15) is 17.5 Å². The van der Waals surface area contributed by atoms with Crippen molar-refractivity contribution in [1.82, 2.24) is 0 Å². The van der Waals surface area contributed by atoms with Gasteiger partial charge in [-0.05, 0) is 22.9 Å². The van der Waals surface area contributed by atoms with E-state index in [9.17, 15) is 0 Å². The Morgan fingerprint density at radius 3 is 1.92 bits per heavy atom. The van der Waals surface area contributed by atoms with Gasteiger partial charge in [0, 0.05) is 0 Å². The molecule has 0 unspecified atom stereocenters. The molecule has 0 aliphatic heterocycles. The topological polar surface area (TPSA) is 20.2 Å². The van der Waals surface area contributed by atoms with E-state index in [1.54, 1.807) is 12.1 Å². The Balaban J connectivity index is 0.000000381. The maximum absolute atomic E-state index is 9.13. The van der Waals surface area contributed by atoms with E-state index in [1.807, 2.05) is 30.3 Å². The van der Waals surface area contributed by atoms with Gasteiger partial charge in [0.15, 0.2) is 0 Å². The van der Waals surface area contributed by atoms with Crippen LogP contribution < -0.4 is 24.8 Å². The molecule has 4 rings (SSSR count). The molecule has 0 aromatic heterocycles. The van der Waals surface area contributed by atoms with Gasteiger partial charge in [0.05, 0.1) is 0 Å². The number of phenolic OH excluding ortho intramolecular Hbond substituents is 1. The minimum absolute atomic E-state index is 0. The van der Waals surface area contributed by atoms with Crippen LogP contribution >= 0.6 is 0 Å². The van der Waals surface area contributed by atoms with Crippen LogP contribution in [0.4, 0.5) is 0 Å². The predicted octanol–water partition coefficient (Wildman–Crippen LogP) is -0.104. The van der Waals surface area contributed by atoms with Crippen molar-refractivity contribution in [2.45, 2.75) is 13.1 Å². The zero-order chi connectivity index (χ0) is 17.4. The number of halogens is 2. The SMILES string of the molecule is C[Si](C)=[Ti+2].Oc1ccc2ccccc2c1.[Cl-].[Cl-].c1ccc2[cH-]ccc2c1. The maximum atomic E-state index is 9.13. The van der Waals surface area contributed by atoms with Crippen molar-refractivity contribution in [2.24, 2.45) is 0 Å². The molecule has 26 heavy (non-hydrogen) atoms. The first-order valence-electron chi connectivity index (χ1n) is 7.86. The minimum Gasteiger partial charge on any atom is -1.00 e. The van der Waals surface area contributed by atoms with Crippen LogP contribution in [0, 0.1) is 0 Å². The fourth-order valence-electron chi connectivity index (χ4n) is 2.25. The Hall–Kier alpha value is -1.16. The Bertz CT molecular complexity index is 903. The number of hydrogen-bond acceptors (Lipinski definition) is 1. The molecule has 1 nitrogen and oxygen atoms in total. The molecule has 0 heterocycles. The average Bonchev–Trinajstić information content (AvgIpc) is 3.03. The Labute approximate surface area is 179 Å². The van der Waals surface area contributed by atoms with Crippen LogP contribution in [0.3, 0.4) is 0 Å². The number of hydrogen-bond donors (Lipinski definition) is 1. The third kappa shape index (κ3) is 8.48. The summed E-state index contributed by atoms with van der Waals surface area (Å²) in [4.78, 5) is 0. The molecule has 134 valence electrons. The molecule has 4 aromatic carbocycles. The quantitative estimate of drug-likeness (QED) is 0.302. The number of aromatic hydroxyl groups is 1.